The van der Waals surface area contributed by atoms with E-state index < -0.39 is 30.5 Å². The van der Waals surface area contributed by atoms with Crippen LogP contribution in [0.4, 0.5) is 18.9 Å². The Morgan fingerprint density at radius 2 is 1.92 bits per heavy atom. The highest BCUT2D eigenvalue weighted by atomic mass is 19.4. The molecule has 1 fully saturated rings. The number of halogens is 3. The Bertz CT molecular complexity index is 1380. The monoisotopic (exact) mass is 513 g/mol. The van der Waals surface area contributed by atoms with Crippen molar-refractivity contribution in [3.8, 4) is 0 Å². The van der Waals surface area contributed by atoms with Gasteiger partial charge in [-0.2, -0.15) is 18.3 Å². The first kappa shape index (κ1) is 24.8. The van der Waals surface area contributed by atoms with E-state index in [1.54, 1.807) is 41.4 Å². The second-order valence-electron chi connectivity index (χ2n) is 9.62. The molecule has 194 valence electrons. The van der Waals surface area contributed by atoms with Crippen molar-refractivity contribution >= 4 is 34.3 Å². The van der Waals surface area contributed by atoms with E-state index >= 15 is 0 Å². The number of amides is 3. The molecule has 11 heteroatoms. The number of aromatic nitrogens is 2. The van der Waals surface area contributed by atoms with Crippen LogP contribution >= 0.6 is 0 Å². The number of carbonyl (C=O) groups is 3. The molecule has 3 amide bonds. The molecule has 0 saturated carbocycles. The molecule has 0 radical (unpaired) electrons. The number of fused-ring (bicyclic) bond motifs is 3. The van der Waals surface area contributed by atoms with Crippen molar-refractivity contribution in [2.24, 2.45) is 0 Å². The quantitative estimate of drug-likeness (QED) is 0.546. The number of rotatable bonds is 5. The Labute approximate surface area is 210 Å². The Morgan fingerprint density at radius 3 is 2.65 bits per heavy atom. The summed E-state index contributed by atoms with van der Waals surface area (Å²) in [6.45, 7) is 1.71. The maximum absolute atomic E-state index is 13.8. The number of carbonyl (C=O) groups excluding carboxylic acids is 3. The van der Waals surface area contributed by atoms with Crippen molar-refractivity contribution in [1.29, 1.82) is 0 Å². The summed E-state index contributed by atoms with van der Waals surface area (Å²) in [5, 5.41) is 9.94. The lowest BCUT2D eigenvalue weighted by atomic mass is 9.72. The number of likely N-dealkylation sites (tertiary alicyclic amines) is 1. The van der Waals surface area contributed by atoms with Gasteiger partial charge in [0.05, 0.1) is 23.5 Å². The van der Waals surface area contributed by atoms with Crippen LogP contribution in [-0.4, -0.2) is 65.2 Å². The summed E-state index contributed by atoms with van der Waals surface area (Å²) in [6.07, 6.45) is -3.09. The van der Waals surface area contributed by atoms with E-state index in [4.69, 9.17) is 0 Å². The van der Waals surface area contributed by atoms with Crippen LogP contribution in [0.2, 0.25) is 0 Å². The van der Waals surface area contributed by atoms with Gasteiger partial charge in [-0.05, 0) is 55.2 Å². The number of piperidine rings is 1. The van der Waals surface area contributed by atoms with Crippen LogP contribution in [0.1, 0.15) is 40.7 Å². The molecule has 1 saturated heterocycles. The van der Waals surface area contributed by atoms with Crippen LogP contribution in [0.5, 0.6) is 0 Å². The number of nitrogens with one attached hydrogen (secondary N) is 2. The van der Waals surface area contributed by atoms with Gasteiger partial charge in [-0.15, -0.1) is 0 Å². The molecular weight excluding hydrogens is 487 g/mol. The maximum atomic E-state index is 13.8. The van der Waals surface area contributed by atoms with Gasteiger partial charge < -0.3 is 15.1 Å². The van der Waals surface area contributed by atoms with Gasteiger partial charge >= 0.3 is 6.18 Å². The lowest BCUT2D eigenvalue weighted by Gasteiger charge is -2.39. The molecule has 8 nitrogen and oxygen atoms in total. The van der Waals surface area contributed by atoms with Crippen molar-refractivity contribution in [3.63, 3.8) is 0 Å². The molecule has 2 aliphatic rings. The minimum Gasteiger partial charge on any atom is -0.354 e. The fourth-order valence-corrected chi connectivity index (χ4v) is 5.49. The van der Waals surface area contributed by atoms with Crippen molar-refractivity contribution in [2.75, 3.05) is 31.1 Å². The van der Waals surface area contributed by atoms with E-state index in [2.05, 4.69) is 15.5 Å². The smallest absolute Gasteiger partial charge is 0.354 e. The molecule has 5 rings (SSSR count). The predicted molar refractivity (Wildman–Crippen MR) is 130 cm³/mol. The summed E-state index contributed by atoms with van der Waals surface area (Å²) in [5.41, 5.74) is 2.81. The molecule has 0 unspecified atom stereocenters. The number of nitrogens with zero attached hydrogens (tertiary/aromatic N) is 3. The van der Waals surface area contributed by atoms with E-state index in [1.165, 1.54) is 4.90 Å². The zero-order valence-corrected chi connectivity index (χ0v) is 20.2. The largest absolute Gasteiger partial charge is 0.390 e. The number of benzene rings is 2. The van der Waals surface area contributed by atoms with Gasteiger partial charge in [-0.1, -0.05) is 12.1 Å². The van der Waals surface area contributed by atoms with Gasteiger partial charge in [0.25, 0.3) is 5.91 Å². The highest BCUT2D eigenvalue weighted by molar-refractivity contribution is 6.11. The van der Waals surface area contributed by atoms with Crippen LogP contribution in [-0.2, 0) is 15.0 Å². The zero-order chi connectivity index (χ0) is 26.4. The van der Waals surface area contributed by atoms with Crippen molar-refractivity contribution < 1.29 is 27.6 Å². The Morgan fingerprint density at radius 1 is 1.16 bits per heavy atom. The first-order valence-electron chi connectivity index (χ1n) is 12.1. The fourth-order valence-electron chi connectivity index (χ4n) is 5.49. The SMILES string of the molecule is Cc1cccc2c1C1(CCN(C(=O)c3ccc4[nH]ncc4c3)CC1)C(=O)N2CC(=O)NCCC(F)(F)F. The average molecular weight is 514 g/mol. The molecule has 1 spiro atoms. The summed E-state index contributed by atoms with van der Waals surface area (Å²) in [4.78, 5) is 42.5. The van der Waals surface area contributed by atoms with Crippen LogP contribution < -0.4 is 10.2 Å². The molecule has 2 aromatic carbocycles. The zero-order valence-electron chi connectivity index (χ0n) is 20.2. The van der Waals surface area contributed by atoms with E-state index in [0.29, 0.717) is 37.2 Å². The van der Waals surface area contributed by atoms with Gasteiger partial charge in [0, 0.05) is 36.3 Å². The van der Waals surface area contributed by atoms with E-state index in [9.17, 15) is 27.6 Å². The van der Waals surface area contributed by atoms with Crippen molar-refractivity contribution in [3.05, 3.63) is 59.3 Å². The first-order valence-corrected chi connectivity index (χ1v) is 12.1. The van der Waals surface area contributed by atoms with E-state index in [0.717, 1.165) is 22.0 Å². The highest BCUT2D eigenvalue weighted by Crippen LogP contribution is 2.49. The van der Waals surface area contributed by atoms with Gasteiger partial charge in [0.1, 0.15) is 6.54 Å². The third kappa shape index (κ3) is 4.54. The number of aryl methyl sites for hydroxylation is 1. The molecule has 0 bridgehead atoms. The standard InChI is InChI=1S/C26H26F3N5O3/c1-16-3-2-4-20-22(16)25(24(37)34(20)15-21(35)30-10-7-26(27,28)29)8-11-33(12-9-25)23(36)17-5-6-19-18(13-17)14-31-32-19/h2-6,13-14H,7-12,15H2,1H3,(H,30,35)(H,31,32). The molecule has 3 heterocycles. The van der Waals surface area contributed by atoms with Gasteiger partial charge in [0.15, 0.2) is 0 Å². The summed E-state index contributed by atoms with van der Waals surface area (Å²) in [7, 11) is 0. The third-order valence-electron chi connectivity index (χ3n) is 7.30. The molecule has 0 aliphatic carbocycles. The minimum atomic E-state index is -4.37. The maximum Gasteiger partial charge on any atom is 0.390 e. The number of anilines is 1. The molecule has 3 aromatic rings. The number of hydrogen-bond donors (Lipinski definition) is 2. The molecular formula is C26H26F3N5O3. The topological polar surface area (TPSA) is 98.4 Å². The van der Waals surface area contributed by atoms with Gasteiger partial charge in [0.2, 0.25) is 11.8 Å². The van der Waals surface area contributed by atoms with E-state index in [-0.39, 0.29) is 18.4 Å². The van der Waals surface area contributed by atoms with Gasteiger partial charge in [-0.25, -0.2) is 0 Å². The number of H-pyrrole nitrogens is 1. The Balaban J connectivity index is 1.33. The van der Waals surface area contributed by atoms with E-state index in [1.807, 2.05) is 13.0 Å². The number of alkyl halides is 3. The second-order valence-corrected chi connectivity index (χ2v) is 9.62. The third-order valence-corrected chi connectivity index (χ3v) is 7.30. The first-order chi connectivity index (χ1) is 17.6. The lowest BCUT2D eigenvalue weighted by molar-refractivity contribution is -0.136. The van der Waals surface area contributed by atoms with Crippen LogP contribution in [0, 0.1) is 6.92 Å². The molecule has 1 aromatic heterocycles. The molecule has 2 aliphatic heterocycles. The summed E-state index contributed by atoms with van der Waals surface area (Å²) < 4.78 is 37.4. The summed E-state index contributed by atoms with van der Waals surface area (Å²) in [6, 6.07) is 10.8. The molecule has 37 heavy (non-hydrogen) atoms. The number of hydrogen-bond acceptors (Lipinski definition) is 4. The Kier molecular flexibility index (Phi) is 6.17. The fraction of sp³-hybridized carbons (Fsp3) is 0.385. The normalized spacial score (nSPS) is 16.9. The van der Waals surface area contributed by atoms with Crippen LogP contribution in [0.25, 0.3) is 10.9 Å². The summed E-state index contributed by atoms with van der Waals surface area (Å²) in [5.74, 6) is -1.03. The van der Waals surface area contributed by atoms with Crippen molar-refractivity contribution in [1.82, 2.24) is 20.4 Å². The lowest BCUT2D eigenvalue weighted by Crippen LogP contribution is -2.51. The minimum absolute atomic E-state index is 0.130. The Hall–Kier alpha value is -3.89. The summed E-state index contributed by atoms with van der Waals surface area (Å²) >= 11 is 0. The van der Waals surface area contributed by atoms with Crippen LogP contribution in [0.3, 0.4) is 0 Å². The van der Waals surface area contributed by atoms with Gasteiger partial charge in [-0.3, -0.25) is 19.5 Å². The average Bonchev–Trinajstić information content (AvgIpc) is 3.41. The molecule has 0 atom stereocenters. The second kappa shape index (κ2) is 9.20. The molecule has 2 N–H and O–H groups in total. The number of aromatic amines is 1. The van der Waals surface area contributed by atoms with Crippen molar-refractivity contribution in [2.45, 2.75) is 37.8 Å². The van der Waals surface area contributed by atoms with Crippen LogP contribution in [0.15, 0.2) is 42.6 Å². The highest BCUT2D eigenvalue weighted by Gasteiger charge is 2.53. The predicted octanol–water partition coefficient (Wildman–Crippen LogP) is 3.46.